The maximum Gasteiger partial charge on any atom is 0.226 e. The van der Waals surface area contributed by atoms with E-state index in [0.717, 1.165) is 6.42 Å². The molecule has 1 amide bonds. The summed E-state index contributed by atoms with van der Waals surface area (Å²) in [5.74, 6) is -0.0146. The van der Waals surface area contributed by atoms with Gasteiger partial charge in [-0.3, -0.25) is 4.79 Å². The van der Waals surface area contributed by atoms with Gasteiger partial charge in [-0.15, -0.1) is 0 Å². The monoisotopic (exact) mass is 266 g/mol. The lowest BCUT2D eigenvalue weighted by Crippen LogP contribution is -2.35. The number of nitrogens with zero attached hydrogens (tertiary/aromatic N) is 1. The van der Waals surface area contributed by atoms with Crippen molar-refractivity contribution in [1.82, 2.24) is 4.90 Å². The van der Waals surface area contributed by atoms with Crippen molar-refractivity contribution in [2.24, 2.45) is 11.7 Å². The molecule has 0 bridgehead atoms. The third-order valence-corrected chi connectivity index (χ3v) is 3.38. The highest BCUT2D eigenvalue weighted by atomic mass is 19.1. The van der Waals surface area contributed by atoms with Crippen molar-refractivity contribution < 1.29 is 9.18 Å². The van der Waals surface area contributed by atoms with E-state index in [1.54, 1.807) is 30.1 Å². The molecule has 4 heteroatoms. The molecule has 0 fully saturated rings. The molecule has 0 aromatic heterocycles. The fourth-order valence-electron chi connectivity index (χ4n) is 1.74. The molecule has 0 spiro atoms. The Morgan fingerprint density at radius 1 is 1.37 bits per heavy atom. The summed E-state index contributed by atoms with van der Waals surface area (Å²) in [5, 5.41) is 0. The SMILES string of the molecule is CC(C)C(N)CCN(C)C(=O)Cc1ccccc1F. The number of likely N-dealkylation sites (N-methyl/N-ethyl adjacent to an activating group) is 1. The minimum absolute atomic E-state index is 0.0824. The largest absolute Gasteiger partial charge is 0.345 e. The topological polar surface area (TPSA) is 46.3 Å². The van der Waals surface area contributed by atoms with Crippen LogP contribution in [-0.4, -0.2) is 30.4 Å². The Labute approximate surface area is 114 Å². The van der Waals surface area contributed by atoms with Crippen LogP contribution in [0, 0.1) is 11.7 Å². The number of carbonyl (C=O) groups is 1. The molecule has 0 aliphatic heterocycles. The van der Waals surface area contributed by atoms with E-state index in [2.05, 4.69) is 13.8 Å². The Morgan fingerprint density at radius 2 is 2.00 bits per heavy atom. The van der Waals surface area contributed by atoms with Crippen LogP contribution in [0.1, 0.15) is 25.8 Å². The van der Waals surface area contributed by atoms with E-state index in [1.165, 1.54) is 6.07 Å². The first-order chi connectivity index (χ1) is 8.91. The number of benzene rings is 1. The molecule has 1 aromatic rings. The highest BCUT2D eigenvalue weighted by Gasteiger charge is 2.14. The van der Waals surface area contributed by atoms with Crippen LogP contribution in [0.15, 0.2) is 24.3 Å². The molecular formula is C15H23FN2O. The van der Waals surface area contributed by atoms with E-state index >= 15 is 0 Å². The third kappa shape index (κ3) is 4.99. The Balaban J connectivity index is 2.47. The zero-order chi connectivity index (χ0) is 14.4. The fraction of sp³-hybridized carbons (Fsp3) is 0.533. The summed E-state index contributed by atoms with van der Waals surface area (Å²) in [4.78, 5) is 13.6. The lowest BCUT2D eigenvalue weighted by molar-refractivity contribution is -0.129. The van der Waals surface area contributed by atoms with Crippen molar-refractivity contribution in [3.8, 4) is 0 Å². The predicted octanol–water partition coefficient (Wildman–Crippen LogP) is 2.20. The highest BCUT2D eigenvalue weighted by molar-refractivity contribution is 5.78. The molecular weight excluding hydrogens is 243 g/mol. The number of hydrogen-bond acceptors (Lipinski definition) is 2. The molecule has 1 unspecified atom stereocenters. The van der Waals surface area contributed by atoms with Crippen LogP contribution >= 0.6 is 0 Å². The minimum atomic E-state index is -0.330. The van der Waals surface area contributed by atoms with Crippen LogP contribution in [0.3, 0.4) is 0 Å². The summed E-state index contributed by atoms with van der Waals surface area (Å²) in [6, 6.07) is 6.46. The van der Waals surface area contributed by atoms with Gasteiger partial charge in [0.1, 0.15) is 5.82 Å². The maximum absolute atomic E-state index is 13.4. The van der Waals surface area contributed by atoms with Crippen LogP contribution in [-0.2, 0) is 11.2 Å². The van der Waals surface area contributed by atoms with Crippen molar-refractivity contribution in [3.05, 3.63) is 35.6 Å². The summed E-state index contributed by atoms with van der Waals surface area (Å²) < 4.78 is 13.4. The number of halogens is 1. The quantitative estimate of drug-likeness (QED) is 0.858. The molecule has 1 rings (SSSR count). The molecule has 0 aliphatic rings. The predicted molar refractivity (Wildman–Crippen MR) is 75.2 cm³/mol. The summed E-state index contributed by atoms with van der Waals surface area (Å²) in [6.45, 7) is 4.73. The smallest absolute Gasteiger partial charge is 0.226 e. The van der Waals surface area contributed by atoms with Crippen molar-refractivity contribution >= 4 is 5.91 Å². The van der Waals surface area contributed by atoms with Crippen molar-refractivity contribution in [2.45, 2.75) is 32.7 Å². The van der Waals surface area contributed by atoms with Crippen LogP contribution in [0.2, 0.25) is 0 Å². The van der Waals surface area contributed by atoms with Crippen LogP contribution in [0.4, 0.5) is 4.39 Å². The second-order valence-electron chi connectivity index (χ2n) is 5.28. The summed E-state index contributed by atoms with van der Waals surface area (Å²) in [7, 11) is 1.73. The lowest BCUT2D eigenvalue weighted by atomic mass is 10.0. The first-order valence-corrected chi connectivity index (χ1v) is 6.64. The van der Waals surface area contributed by atoms with E-state index in [0.29, 0.717) is 18.0 Å². The van der Waals surface area contributed by atoms with Crippen molar-refractivity contribution in [1.29, 1.82) is 0 Å². The minimum Gasteiger partial charge on any atom is -0.345 e. The van der Waals surface area contributed by atoms with Gasteiger partial charge >= 0.3 is 0 Å². The first kappa shape index (κ1) is 15.6. The summed E-state index contributed by atoms with van der Waals surface area (Å²) >= 11 is 0. The van der Waals surface area contributed by atoms with Crippen LogP contribution < -0.4 is 5.73 Å². The Hall–Kier alpha value is -1.42. The van der Waals surface area contributed by atoms with E-state index in [4.69, 9.17) is 5.73 Å². The van der Waals surface area contributed by atoms with Gasteiger partial charge in [0.25, 0.3) is 0 Å². The number of hydrogen-bond donors (Lipinski definition) is 1. The zero-order valence-corrected chi connectivity index (χ0v) is 11.9. The van der Waals surface area contributed by atoms with Gasteiger partial charge in [-0.25, -0.2) is 4.39 Å². The Kier molecular flexibility index (Phi) is 5.96. The van der Waals surface area contributed by atoms with Gasteiger partial charge in [0, 0.05) is 19.6 Å². The molecule has 2 N–H and O–H groups in total. The maximum atomic E-state index is 13.4. The summed E-state index contributed by atoms with van der Waals surface area (Å²) in [6.07, 6.45) is 0.858. The van der Waals surface area contributed by atoms with Crippen LogP contribution in [0.5, 0.6) is 0 Å². The van der Waals surface area contributed by atoms with E-state index < -0.39 is 0 Å². The number of carbonyl (C=O) groups excluding carboxylic acids is 1. The molecule has 1 aromatic carbocycles. The van der Waals surface area contributed by atoms with Crippen molar-refractivity contribution in [3.63, 3.8) is 0 Å². The molecule has 1 atom stereocenters. The van der Waals surface area contributed by atoms with Crippen molar-refractivity contribution in [2.75, 3.05) is 13.6 Å². The van der Waals surface area contributed by atoms with E-state index in [1.807, 2.05) is 0 Å². The number of rotatable bonds is 6. The van der Waals surface area contributed by atoms with Gasteiger partial charge < -0.3 is 10.6 Å². The third-order valence-electron chi connectivity index (χ3n) is 3.38. The van der Waals surface area contributed by atoms with Gasteiger partial charge in [-0.2, -0.15) is 0 Å². The Bertz CT molecular complexity index is 420. The van der Waals surface area contributed by atoms with E-state index in [-0.39, 0.29) is 24.2 Å². The van der Waals surface area contributed by atoms with Crippen LogP contribution in [0.25, 0.3) is 0 Å². The molecule has 0 saturated heterocycles. The first-order valence-electron chi connectivity index (χ1n) is 6.64. The second-order valence-corrected chi connectivity index (χ2v) is 5.28. The normalized spacial score (nSPS) is 12.5. The fourth-order valence-corrected chi connectivity index (χ4v) is 1.74. The average molecular weight is 266 g/mol. The van der Waals surface area contributed by atoms with Gasteiger partial charge in [0.2, 0.25) is 5.91 Å². The van der Waals surface area contributed by atoms with E-state index in [9.17, 15) is 9.18 Å². The molecule has 0 heterocycles. The lowest BCUT2D eigenvalue weighted by Gasteiger charge is -2.21. The summed E-state index contributed by atoms with van der Waals surface area (Å²) in [5.41, 5.74) is 6.38. The molecule has 3 nitrogen and oxygen atoms in total. The molecule has 106 valence electrons. The van der Waals surface area contributed by atoms with Gasteiger partial charge in [-0.1, -0.05) is 32.0 Å². The number of amides is 1. The Morgan fingerprint density at radius 3 is 2.58 bits per heavy atom. The number of nitrogens with two attached hydrogens (primary N) is 1. The standard InChI is InChI=1S/C15H23FN2O/c1-11(2)14(17)8-9-18(3)15(19)10-12-6-4-5-7-13(12)16/h4-7,11,14H,8-10,17H2,1-3H3. The van der Waals surface area contributed by atoms with Gasteiger partial charge in [0.05, 0.1) is 6.42 Å². The molecule has 0 radical (unpaired) electrons. The molecule has 0 saturated carbocycles. The zero-order valence-electron chi connectivity index (χ0n) is 11.9. The molecule has 19 heavy (non-hydrogen) atoms. The second kappa shape index (κ2) is 7.24. The van der Waals surface area contributed by atoms with Gasteiger partial charge in [-0.05, 0) is 24.0 Å². The highest BCUT2D eigenvalue weighted by Crippen LogP contribution is 2.09. The molecule has 0 aliphatic carbocycles. The van der Waals surface area contributed by atoms with Gasteiger partial charge in [0.15, 0.2) is 0 Å². The average Bonchev–Trinajstić information content (AvgIpc) is 2.37.